The SMILES string of the molecule is CNc1cnc(C([NH-])=O)cn1.[Y]. The molecule has 0 aliphatic rings. The summed E-state index contributed by atoms with van der Waals surface area (Å²) in [5, 5.41) is 2.75. The molecule has 0 bridgehead atoms. The van der Waals surface area contributed by atoms with E-state index in [1.165, 1.54) is 12.4 Å². The maximum absolute atomic E-state index is 10.4. The third kappa shape index (κ3) is 2.83. The van der Waals surface area contributed by atoms with E-state index >= 15 is 0 Å². The molecule has 2 N–H and O–H groups in total. The van der Waals surface area contributed by atoms with Gasteiger partial charge in [-0.3, -0.25) is 0 Å². The Hall–Kier alpha value is -0.546. The van der Waals surface area contributed by atoms with Gasteiger partial charge in [0.1, 0.15) is 11.5 Å². The van der Waals surface area contributed by atoms with E-state index < -0.39 is 5.91 Å². The normalized spacial score (nSPS) is 8.42. The quantitative estimate of drug-likeness (QED) is 0.825. The molecule has 0 saturated carbocycles. The first-order chi connectivity index (χ1) is 5.24. The van der Waals surface area contributed by atoms with Crippen LogP contribution in [0.5, 0.6) is 0 Å². The van der Waals surface area contributed by atoms with Gasteiger partial charge in [-0.05, 0) is 0 Å². The summed E-state index contributed by atoms with van der Waals surface area (Å²) in [5.41, 5.74) is 6.74. The molecule has 1 rings (SSSR count). The molecule has 1 radical (unpaired) electrons. The van der Waals surface area contributed by atoms with E-state index in [0.717, 1.165) is 0 Å². The van der Waals surface area contributed by atoms with Crippen molar-refractivity contribution in [2.45, 2.75) is 0 Å². The number of amides is 1. The summed E-state index contributed by atoms with van der Waals surface area (Å²) >= 11 is 0. The van der Waals surface area contributed by atoms with Crippen LogP contribution in [-0.4, -0.2) is 22.9 Å². The molecule has 0 aliphatic heterocycles. The van der Waals surface area contributed by atoms with Crippen LogP contribution in [0.2, 0.25) is 0 Å². The van der Waals surface area contributed by atoms with Gasteiger partial charge in [-0.2, -0.15) is 0 Å². The van der Waals surface area contributed by atoms with Crippen molar-refractivity contribution in [1.29, 1.82) is 0 Å². The van der Waals surface area contributed by atoms with Gasteiger partial charge in [0.2, 0.25) is 0 Å². The van der Waals surface area contributed by atoms with E-state index in [1.807, 2.05) is 0 Å². The van der Waals surface area contributed by atoms with Gasteiger partial charge in [-0.15, -0.1) is 0 Å². The first-order valence-corrected chi connectivity index (χ1v) is 3.00. The van der Waals surface area contributed by atoms with Crippen LogP contribution in [0.25, 0.3) is 5.73 Å². The molecule has 0 saturated heterocycles. The second-order valence-electron chi connectivity index (χ2n) is 1.87. The summed E-state index contributed by atoms with van der Waals surface area (Å²) in [4.78, 5) is 17.9. The predicted octanol–water partition coefficient (Wildman–Crippen LogP) is 0.708. The Balaban J connectivity index is 0.00000121. The molecule has 1 aromatic rings. The Kier molecular flexibility index (Phi) is 4.93. The van der Waals surface area contributed by atoms with Crippen molar-refractivity contribution >= 4 is 11.7 Å². The zero-order valence-electron chi connectivity index (χ0n) is 6.53. The van der Waals surface area contributed by atoms with Gasteiger partial charge in [0, 0.05) is 39.8 Å². The molecular formula is C6H7N4OY-. The van der Waals surface area contributed by atoms with Crippen LogP contribution in [0.3, 0.4) is 0 Å². The van der Waals surface area contributed by atoms with Gasteiger partial charge in [0.05, 0.1) is 18.3 Å². The first-order valence-electron chi connectivity index (χ1n) is 3.00. The molecule has 1 amide bonds. The number of nitrogens with one attached hydrogen (secondary N) is 2. The Morgan fingerprint density at radius 2 is 2.17 bits per heavy atom. The van der Waals surface area contributed by atoms with Crippen LogP contribution in [0.4, 0.5) is 5.82 Å². The molecule has 1 aromatic heterocycles. The summed E-state index contributed by atoms with van der Waals surface area (Å²) in [5.74, 6) is -0.241. The molecular weight excluding hydrogens is 233 g/mol. The zero-order chi connectivity index (χ0) is 8.27. The minimum atomic E-state index is -0.819. The largest absolute Gasteiger partial charge is 0.662 e. The molecule has 0 spiro atoms. The number of hydrogen-bond donors (Lipinski definition) is 1. The number of carbonyl (C=O) groups excluding carboxylic acids is 1. The van der Waals surface area contributed by atoms with Crippen molar-refractivity contribution in [2.75, 3.05) is 12.4 Å². The third-order valence-corrected chi connectivity index (χ3v) is 1.14. The summed E-state index contributed by atoms with van der Waals surface area (Å²) in [7, 11) is 1.70. The Morgan fingerprint density at radius 3 is 2.50 bits per heavy atom. The average molecular weight is 240 g/mol. The number of anilines is 1. The number of carbonyl (C=O) groups is 1. The molecule has 0 unspecified atom stereocenters. The van der Waals surface area contributed by atoms with E-state index in [4.69, 9.17) is 5.73 Å². The molecule has 1 heterocycles. The number of rotatable bonds is 2. The third-order valence-electron chi connectivity index (χ3n) is 1.14. The molecule has 6 heteroatoms. The van der Waals surface area contributed by atoms with E-state index in [0.29, 0.717) is 5.82 Å². The summed E-state index contributed by atoms with van der Waals surface area (Å²) in [6.45, 7) is 0. The Morgan fingerprint density at radius 1 is 1.50 bits per heavy atom. The second-order valence-corrected chi connectivity index (χ2v) is 1.87. The summed E-state index contributed by atoms with van der Waals surface area (Å²) < 4.78 is 0. The van der Waals surface area contributed by atoms with E-state index in [-0.39, 0.29) is 38.4 Å². The minimum Gasteiger partial charge on any atom is -0.662 e. The fraction of sp³-hybridized carbons (Fsp3) is 0.167. The van der Waals surface area contributed by atoms with Gasteiger partial charge in [-0.1, -0.05) is 0 Å². The van der Waals surface area contributed by atoms with Gasteiger partial charge in [-0.25, -0.2) is 9.97 Å². The second kappa shape index (κ2) is 5.16. The number of nitrogens with zero attached hydrogens (tertiary/aromatic N) is 2. The van der Waals surface area contributed by atoms with Crippen LogP contribution in [0.15, 0.2) is 12.4 Å². The van der Waals surface area contributed by atoms with E-state index in [1.54, 1.807) is 7.05 Å². The fourth-order valence-electron chi connectivity index (χ4n) is 0.574. The Labute approximate surface area is 95.0 Å². The van der Waals surface area contributed by atoms with Crippen LogP contribution in [0.1, 0.15) is 10.5 Å². The van der Waals surface area contributed by atoms with Crippen molar-refractivity contribution in [3.05, 3.63) is 23.8 Å². The maximum Gasteiger partial charge on any atom is 0.144 e. The first kappa shape index (κ1) is 11.5. The molecule has 0 aliphatic carbocycles. The van der Waals surface area contributed by atoms with Gasteiger partial charge >= 0.3 is 0 Å². The van der Waals surface area contributed by atoms with Crippen molar-refractivity contribution in [1.82, 2.24) is 9.97 Å². The maximum atomic E-state index is 10.4. The summed E-state index contributed by atoms with van der Waals surface area (Å²) in [6, 6.07) is 0. The van der Waals surface area contributed by atoms with Crippen LogP contribution in [0, 0.1) is 0 Å². The topological polar surface area (TPSA) is 78.7 Å². The van der Waals surface area contributed by atoms with Crippen molar-refractivity contribution in [3.63, 3.8) is 0 Å². The van der Waals surface area contributed by atoms with E-state index in [2.05, 4.69) is 15.3 Å². The van der Waals surface area contributed by atoms with Crippen molar-refractivity contribution in [2.24, 2.45) is 0 Å². The molecule has 0 atom stereocenters. The minimum absolute atomic E-state index is 0. The number of aromatic nitrogens is 2. The van der Waals surface area contributed by atoms with Gasteiger partial charge < -0.3 is 15.8 Å². The zero-order valence-corrected chi connectivity index (χ0v) is 9.37. The standard InChI is InChI=1S/C6H8N4O.Y/c1-8-5-3-9-4(2-10-5)6(7)11;/h2-3H,1H3,(H3,7,8,10,11);/p-1. The molecule has 0 fully saturated rings. The van der Waals surface area contributed by atoms with Crippen LogP contribution in [-0.2, 0) is 32.7 Å². The van der Waals surface area contributed by atoms with Crippen molar-refractivity contribution < 1.29 is 37.5 Å². The summed E-state index contributed by atoms with van der Waals surface area (Å²) in [6.07, 6.45) is 2.67. The fourth-order valence-corrected chi connectivity index (χ4v) is 0.574. The van der Waals surface area contributed by atoms with Crippen LogP contribution < -0.4 is 5.32 Å². The molecule has 12 heavy (non-hydrogen) atoms. The average Bonchev–Trinajstić information content (AvgIpc) is 2.05. The number of hydrogen-bond acceptors (Lipinski definition) is 4. The van der Waals surface area contributed by atoms with Crippen LogP contribution >= 0.6 is 0 Å². The monoisotopic (exact) mass is 240 g/mol. The molecule has 0 aromatic carbocycles. The smallest absolute Gasteiger partial charge is 0.144 e. The predicted molar refractivity (Wildman–Crippen MR) is 40.2 cm³/mol. The van der Waals surface area contributed by atoms with Gasteiger partial charge in [0.25, 0.3) is 0 Å². The van der Waals surface area contributed by atoms with Gasteiger partial charge in [0.15, 0.2) is 0 Å². The van der Waals surface area contributed by atoms with Crippen molar-refractivity contribution in [3.8, 4) is 0 Å². The molecule has 5 nitrogen and oxygen atoms in total. The Bertz CT molecular complexity index is 261. The van der Waals surface area contributed by atoms with E-state index in [9.17, 15) is 4.79 Å². The molecule has 61 valence electrons.